The molecule has 0 radical (unpaired) electrons. The van der Waals surface area contributed by atoms with Gasteiger partial charge in [0, 0.05) is 27.7 Å². The molecule has 0 N–H and O–H groups in total. The van der Waals surface area contributed by atoms with Crippen LogP contribution in [-0.4, -0.2) is 88.8 Å². The van der Waals surface area contributed by atoms with Crippen molar-refractivity contribution in [2.45, 2.75) is 71.9 Å². The number of esters is 5. The summed E-state index contributed by atoms with van der Waals surface area (Å²) in [6, 6.07) is 6.56. The predicted octanol–water partition coefficient (Wildman–Crippen LogP) is 1.04. The van der Waals surface area contributed by atoms with Crippen LogP contribution in [0.15, 0.2) is 30.5 Å². The molecule has 1 aromatic heterocycles. The number of hydrogen-bond acceptors (Lipinski definition) is 14. The van der Waals surface area contributed by atoms with Crippen LogP contribution in [0.2, 0.25) is 0 Å². The van der Waals surface area contributed by atoms with Crippen LogP contribution in [0.1, 0.15) is 50.7 Å². The van der Waals surface area contributed by atoms with Crippen LogP contribution in [0.5, 0.6) is 0 Å². The molecule has 15 heteroatoms. The minimum absolute atomic E-state index is 0.217. The first-order valence-electron chi connectivity index (χ1n) is 12.6. The summed E-state index contributed by atoms with van der Waals surface area (Å²) in [5, 5.41) is 8.11. The van der Waals surface area contributed by atoms with E-state index < -0.39 is 60.6 Å². The van der Waals surface area contributed by atoms with Crippen LogP contribution in [0.3, 0.4) is 0 Å². The molecule has 5 atom stereocenters. The van der Waals surface area contributed by atoms with Crippen molar-refractivity contribution < 1.29 is 57.1 Å². The third-order valence-corrected chi connectivity index (χ3v) is 5.51. The molecule has 0 unspecified atom stereocenters. The predicted molar refractivity (Wildman–Crippen MR) is 134 cm³/mol. The van der Waals surface area contributed by atoms with Crippen molar-refractivity contribution in [1.29, 1.82) is 0 Å². The average Bonchev–Trinajstić information content (AvgIpc) is 3.38. The SMILES string of the molecule is CCOC(=O)c1cccc(-n2cc(CO[C@H]3O[C@H](COC(C)=O)[C@@H](OC(C)=O)[C@H](OC(C)=O)[C@@H]3OC(C)=O)nn2)c1. The Hall–Kier alpha value is -4.37. The van der Waals surface area contributed by atoms with Crippen LogP contribution in [-0.2, 0) is 58.9 Å². The lowest BCUT2D eigenvalue weighted by atomic mass is 9.98. The summed E-state index contributed by atoms with van der Waals surface area (Å²) in [5.41, 5.74) is 1.18. The van der Waals surface area contributed by atoms with Crippen LogP contribution >= 0.6 is 0 Å². The Bertz CT molecular complexity index is 1260. The average molecular weight is 578 g/mol. The van der Waals surface area contributed by atoms with E-state index >= 15 is 0 Å². The number of carbonyl (C=O) groups excluding carboxylic acids is 5. The van der Waals surface area contributed by atoms with Gasteiger partial charge < -0.3 is 33.2 Å². The minimum atomic E-state index is -1.37. The lowest BCUT2D eigenvalue weighted by Gasteiger charge is -2.43. The highest BCUT2D eigenvalue weighted by Crippen LogP contribution is 2.30. The molecule has 2 heterocycles. The summed E-state index contributed by atoms with van der Waals surface area (Å²) in [5.74, 6) is -3.38. The number of rotatable bonds is 11. The summed E-state index contributed by atoms with van der Waals surface area (Å²) in [6.45, 7) is 5.89. The van der Waals surface area contributed by atoms with Crippen molar-refractivity contribution in [3.63, 3.8) is 0 Å². The highest BCUT2D eigenvalue weighted by molar-refractivity contribution is 5.90. The van der Waals surface area contributed by atoms with Gasteiger partial charge in [-0.1, -0.05) is 11.3 Å². The Balaban J connectivity index is 1.84. The van der Waals surface area contributed by atoms with Crippen molar-refractivity contribution in [2.24, 2.45) is 0 Å². The van der Waals surface area contributed by atoms with E-state index in [1.165, 1.54) is 17.8 Å². The molecule has 0 spiro atoms. The standard InChI is InChI=1S/C26H31N3O12/c1-6-35-25(34)18-8-7-9-20(10-18)29-11-19(27-28-29)12-37-26-24(40-17(5)33)23(39-16(4)32)22(38-15(3)31)21(41-26)13-36-14(2)30/h7-11,21-24,26H,6,12-13H2,1-5H3/t21-,22-,23+,24+,26+/m1/s1. The molecule has 2 aromatic rings. The van der Waals surface area contributed by atoms with E-state index in [4.69, 9.17) is 33.2 Å². The Morgan fingerprint density at radius 1 is 0.878 bits per heavy atom. The van der Waals surface area contributed by atoms with Gasteiger partial charge in [-0.2, -0.15) is 0 Å². The summed E-state index contributed by atoms with van der Waals surface area (Å²) < 4.78 is 39.3. The van der Waals surface area contributed by atoms with Gasteiger partial charge in [-0.05, 0) is 25.1 Å². The number of benzene rings is 1. The number of hydrogen-bond donors (Lipinski definition) is 0. The molecule has 1 fully saturated rings. The highest BCUT2D eigenvalue weighted by Gasteiger charge is 2.52. The summed E-state index contributed by atoms with van der Waals surface area (Å²) in [7, 11) is 0. The number of carbonyl (C=O) groups is 5. The zero-order valence-electron chi connectivity index (χ0n) is 23.1. The van der Waals surface area contributed by atoms with Crippen molar-refractivity contribution in [3.05, 3.63) is 41.7 Å². The maximum atomic E-state index is 12.1. The molecule has 3 rings (SSSR count). The first kappa shape index (κ1) is 31.2. The van der Waals surface area contributed by atoms with E-state index in [1.807, 2.05) is 0 Å². The fraction of sp³-hybridized carbons (Fsp3) is 0.500. The molecular formula is C26H31N3O12. The van der Waals surface area contributed by atoms with Crippen LogP contribution in [0.25, 0.3) is 5.69 Å². The molecule has 41 heavy (non-hydrogen) atoms. The van der Waals surface area contributed by atoms with E-state index in [9.17, 15) is 24.0 Å². The Labute approximate surface area is 234 Å². The minimum Gasteiger partial charge on any atom is -0.463 e. The third-order valence-electron chi connectivity index (χ3n) is 5.51. The second-order valence-electron chi connectivity index (χ2n) is 8.80. The summed E-state index contributed by atoms with van der Waals surface area (Å²) >= 11 is 0. The molecule has 0 bridgehead atoms. The van der Waals surface area contributed by atoms with Crippen LogP contribution in [0.4, 0.5) is 0 Å². The first-order valence-corrected chi connectivity index (χ1v) is 12.6. The number of aromatic nitrogens is 3. The Morgan fingerprint density at radius 3 is 2.17 bits per heavy atom. The molecule has 222 valence electrons. The fourth-order valence-corrected chi connectivity index (χ4v) is 3.97. The van der Waals surface area contributed by atoms with E-state index in [1.54, 1.807) is 31.2 Å². The van der Waals surface area contributed by atoms with Crippen molar-refractivity contribution >= 4 is 29.8 Å². The van der Waals surface area contributed by atoms with Crippen molar-refractivity contribution in [3.8, 4) is 5.69 Å². The molecule has 1 aromatic carbocycles. The van der Waals surface area contributed by atoms with Gasteiger partial charge in [0.2, 0.25) is 0 Å². The largest absolute Gasteiger partial charge is 0.463 e. The maximum absolute atomic E-state index is 12.1. The lowest BCUT2D eigenvalue weighted by Crippen LogP contribution is -2.62. The Kier molecular flexibility index (Phi) is 10.9. The van der Waals surface area contributed by atoms with Crippen LogP contribution in [0, 0.1) is 0 Å². The van der Waals surface area contributed by atoms with E-state index in [0.29, 0.717) is 16.9 Å². The maximum Gasteiger partial charge on any atom is 0.338 e. The Morgan fingerprint density at radius 2 is 1.54 bits per heavy atom. The number of nitrogens with zero attached hydrogens (tertiary/aromatic N) is 3. The van der Waals surface area contributed by atoms with Gasteiger partial charge in [0.05, 0.1) is 30.7 Å². The molecule has 1 saturated heterocycles. The highest BCUT2D eigenvalue weighted by atomic mass is 16.7. The van der Waals surface area contributed by atoms with Crippen molar-refractivity contribution in [1.82, 2.24) is 15.0 Å². The topological polar surface area (TPSA) is 181 Å². The van der Waals surface area contributed by atoms with E-state index in [-0.39, 0.29) is 19.8 Å². The molecule has 0 amide bonds. The van der Waals surface area contributed by atoms with Gasteiger partial charge in [0.1, 0.15) is 18.4 Å². The molecule has 0 saturated carbocycles. The number of ether oxygens (including phenoxy) is 7. The van der Waals surface area contributed by atoms with Gasteiger partial charge in [-0.15, -0.1) is 5.10 Å². The zero-order valence-corrected chi connectivity index (χ0v) is 23.1. The summed E-state index contributed by atoms with van der Waals surface area (Å²) in [4.78, 5) is 59.3. The third kappa shape index (κ3) is 8.81. The molecular weight excluding hydrogens is 546 g/mol. The summed E-state index contributed by atoms with van der Waals surface area (Å²) in [6.07, 6.45) is -5.01. The van der Waals surface area contributed by atoms with Gasteiger partial charge >= 0.3 is 29.8 Å². The van der Waals surface area contributed by atoms with E-state index in [0.717, 1.165) is 20.8 Å². The first-order chi connectivity index (χ1) is 19.5. The second kappa shape index (κ2) is 14.3. The quantitative estimate of drug-likeness (QED) is 0.273. The van der Waals surface area contributed by atoms with E-state index in [2.05, 4.69) is 10.3 Å². The van der Waals surface area contributed by atoms with Crippen molar-refractivity contribution in [2.75, 3.05) is 13.2 Å². The van der Waals surface area contributed by atoms with Crippen LogP contribution < -0.4 is 0 Å². The van der Waals surface area contributed by atoms with Gasteiger partial charge in [0.25, 0.3) is 0 Å². The smallest absolute Gasteiger partial charge is 0.338 e. The molecule has 1 aliphatic rings. The zero-order chi connectivity index (χ0) is 30.1. The van der Waals surface area contributed by atoms with Gasteiger partial charge in [-0.3, -0.25) is 19.2 Å². The fourth-order valence-electron chi connectivity index (χ4n) is 3.97. The molecule has 15 nitrogen and oxygen atoms in total. The lowest BCUT2D eigenvalue weighted by molar-refractivity contribution is -0.310. The van der Waals surface area contributed by atoms with Gasteiger partial charge in [0.15, 0.2) is 24.6 Å². The second-order valence-corrected chi connectivity index (χ2v) is 8.80. The molecule has 1 aliphatic heterocycles. The monoisotopic (exact) mass is 577 g/mol. The normalized spacial score (nSPS) is 21.8. The molecule has 0 aliphatic carbocycles. The van der Waals surface area contributed by atoms with Gasteiger partial charge in [-0.25, -0.2) is 9.48 Å².